The predicted molar refractivity (Wildman–Crippen MR) is 63.2 cm³/mol. The molecule has 1 amide bonds. The first-order valence-electron chi connectivity index (χ1n) is 5.85. The zero-order valence-corrected chi connectivity index (χ0v) is 10.4. The lowest BCUT2D eigenvalue weighted by Gasteiger charge is -2.14. The summed E-state index contributed by atoms with van der Waals surface area (Å²) in [4.78, 5) is 24.9. The van der Waals surface area contributed by atoms with E-state index in [4.69, 9.17) is 10.5 Å². The van der Waals surface area contributed by atoms with E-state index in [0.717, 1.165) is 6.54 Å². The molecule has 0 aromatic carbocycles. The van der Waals surface area contributed by atoms with E-state index >= 15 is 0 Å². The van der Waals surface area contributed by atoms with Gasteiger partial charge in [0.1, 0.15) is 0 Å². The Kier molecular flexibility index (Phi) is 5.37. The molecule has 2 atom stereocenters. The molecule has 17 heavy (non-hydrogen) atoms. The van der Waals surface area contributed by atoms with Gasteiger partial charge in [-0.1, -0.05) is 6.92 Å². The second kappa shape index (κ2) is 6.56. The topological polar surface area (TPSA) is 84.7 Å². The third-order valence-corrected chi connectivity index (χ3v) is 3.03. The van der Waals surface area contributed by atoms with Crippen LogP contribution in [0.4, 0.5) is 0 Å². The second-order valence-electron chi connectivity index (χ2n) is 4.44. The van der Waals surface area contributed by atoms with Gasteiger partial charge in [0, 0.05) is 26.2 Å². The van der Waals surface area contributed by atoms with Crippen molar-refractivity contribution in [2.75, 3.05) is 39.8 Å². The highest BCUT2D eigenvalue weighted by molar-refractivity contribution is 5.78. The smallest absolute Gasteiger partial charge is 0.310 e. The molecule has 98 valence electrons. The Morgan fingerprint density at radius 1 is 1.47 bits per heavy atom. The van der Waals surface area contributed by atoms with Crippen LogP contribution in [0, 0.1) is 11.8 Å². The Bertz CT molecular complexity index is 283. The average Bonchev–Trinajstić information content (AvgIpc) is 2.66. The molecule has 2 unspecified atom stereocenters. The van der Waals surface area contributed by atoms with Crippen molar-refractivity contribution in [3.63, 3.8) is 0 Å². The van der Waals surface area contributed by atoms with Gasteiger partial charge < -0.3 is 15.8 Å². The van der Waals surface area contributed by atoms with Crippen molar-refractivity contribution in [1.29, 1.82) is 0 Å². The van der Waals surface area contributed by atoms with Crippen LogP contribution in [0.25, 0.3) is 0 Å². The number of likely N-dealkylation sites (tertiary alicyclic amines) is 1. The van der Waals surface area contributed by atoms with Gasteiger partial charge in [0.2, 0.25) is 5.91 Å². The number of carbonyl (C=O) groups excluding carboxylic acids is 2. The fraction of sp³-hybridized carbons (Fsp3) is 0.818. The number of nitrogens with zero attached hydrogens (tertiary/aromatic N) is 1. The standard InChI is InChI=1S/C11H21N3O3/c1-8-5-14(6-9(8)11(16)17-2)7-10(15)13-4-3-12/h8-9H,3-7,12H2,1-2H3,(H,13,15). The number of nitrogens with one attached hydrogen (secondary N) is 1. The van der Waals surface area contributed by atoms with Crippen molar-refractivity contribution in [1.82, 2.24) is 10.2 Å². The number of carbonyl (C=O) groups is 2. The van der Waals surface area contributed by atoms with Gasteiger partial charge in [0.15, 0.2) is 0 Å². The minimum absolute atomic E-state index is 0.0480. The SMILES string of the molecule is COC(=O)C1CN(CC(=O)NCCN)CC1C. The van der Waals surface area contributed by atoms with Crippen LogP contribution in [0.1, 0.15) is 6.92 Å². The summed E-state index contributed by atoms with van der Waals surface area (Å²) in [5.74, 6) is -0.136. The van der Waals surface area contributed by atoms with Gasteiger partial charge >= 0.3 is 5.97 Å². The quantitative estimate of drug-likeness (QED) is 0.593. The normalized spacial score (nSPS) is 24.6. The van der Waals surface area contributed by atoms with Gasteiger partial charge in [-0.05, 0) is 5.92 Å². The fourth-order valence-corrected chi connectivity index (χ4v) is 2.13. The van der Waals surface area contributed by atoms with E-state index < -0.39 is 0 Å². The van der Waals surface area contributed by atoms with Crippen molar-refractivity contribution in [3.05, 3.63) is 0 Å². The van der Waals surface area contributed by atoms with Gasteiger partial charge in [-0.15, -0.1) is 0 Å². The molecule has 1 aliphatic heterocycles. The molecule has 3 N–H and O–H groups in total. The van der Waals surface area contributed by atoms with Crippen molar-refractivity contribution < 1.29 is 14.3 Å². The predicted octanol–water partition coefficient (Wildman–Crippen LogP) is -1.20. The van der Waals surface area contributed by atoms with Gasteiger partial charge in [-0.3, -0.25) is 14.5 Å². The molecule has 1 heterocycles. The van der Waals surface area contributed by atoms with Crippen LogP contribution in [0.5, 0.6) is 0 Å². The lowest BCUT2D eigenvalue weighted by Crippen LogP contribution is -2.38. The largest absolute Gasteiger partial charge is 0.469 e. The van der Waals surface area contributed by atoms with Crippen molar-refractivity contribution in [2.45, 2.75) is 6.92 Å². The number of amides is 1. The second-order valence-corrected chi connectivity index (χ2v) is 4.44. The molecule has 6 nitrogen and oxygen atoms in total. The zero-order valence-electron chi connectivity index (χ0n) is 10.4. The first-order chi connectivity index (χ1) is 8.08. The van der Waals surface area contributed by atoms with E-state index in [1.807, 2.05) is 11.8 Å². The van der Waals surface area contributed by atoms with Crippen LogP contribution in [0.2, 0.25) is 0 Å². The number of methoxy groups -OCH3 is 1. The molecule has 0 saturated carbocycles. The van der Waals surface area contributed by atoms with Crippen molar-refractivity contribution in [3.8, 4) is 0 Å². The minimum Gasteiger partial charge on any atom is -0.469 e. The average molecular weight is 243 g/mol. The summed E-state index contributed by atoms with van der Waals surface area (Å²) in [6, 6.07) is 0. The summed E-state index contributed by atoms with van der Waals surface area (Å²) in [5, 5.41) is 2.71. The van der Waals surface area contributed by atoms with Crippen LogP contribution in [-0.4, -0.2) is 56.6 Å². The Morgan fingerprint density at radius 2 is 2.18 bits per heavy atom. The van der Waals surface area contributed by atoms with Crippen molar-refractivity contribution >= 4 is 11.9 Å². The molecule has 0 bridgehead atoms. The minimum atomic E-state index is -0.192. The number of nitrogens with two attached hydrogens (primary N) is 1. The molecule has 1 aliphatic rings. The van der Waals surface area contributed by atoms with Gasteiger partial charge in [-0.2, -0.15) is 0 Å². The molecule has 0 aromatic rings. The molecule has 0 aromatic heterocycles. The van der Waals surface area contributed by atoms with Gasteiger partial charge in [-0.25, -0.2) is 0 Å². The molecular weight excluding hydrogens is 222 g/mol. The first-order valence-corrected chi connectivity index (χ1v) is 5.85. The van der Waals surface area contributed by atoms with Crippen LogP contribution in [-0.2, 0) is 14.3 Å². The fourth-order valence-electron chi connectivity index (χ4n) is 2.13. The highest BCUT2D eigenvalue weighted by Gasteiger charge is 2.35. The number of esters is 1. The summed E-state index contributed by atoms with van der Waals surface area (Å²) < 4.78 is 4.74. The molecule has 0 aliphatic carbocycles. The Morgan fingerprint density at radius 3 is 2.76 bits per heavy atom. The Labute approximate surface area is 101 Å². The molecule has 1 rings (SSSR count). The number of hydrogen-bond acceptors (Lipinski definition) is 5. The molecular formula is C11H21N3O3. The maximum absolute atomic E-state index is 11.5. The lowest BCUT2D eigenvalue weighted by molar-refractivity contribution is -0.146. The third-order valence-electron chi connectivity index (χ3n) is 3.03. The molecule has 1 saturated heterocycles. The zero-order chi connectivity index (χ0) is 12.8. The van der Waals surface area contributed by atoms with E-state index in [0.29, 0.717) is 26.2 Å². The van der Waals surface area contributed by atoms with Crippen LogP contribution in [0.3, 0.4) is 0 Å². The number of rotatable bonds is 5. The van der Waals surface area contributed by atoms with E-state index in [1.54, 1.807) is 0 Å². The van der Waals surface area contributed by atoms with E-state index in [9.17, 15) is 9.59 Å². The number of hydrogen-bond donors (Lipinski definition) is 2. The molecule has 0 radical (unpaired) electrons. The highest BCUT2D eigenvalue weighted by Crippen LogP contribution is 2.23. The Hall–Kier alpha value is -1.14. The first kappa shape index (κ1) is 13.9. The molecule has 0 spiro atoms. The van der Waals surface area contributed by atoms with Crippen molar-refractivity contribution in [2.24, 2.45) is 17.6 Å². The number of ether oxygens (including phenoxy) is 1. The molecule has 1 fully saturated rings. The summed E-state index contributed by atoms with van der Waals surface area (Å²) in [6.07, 6.45) is 0. The molecule has 6 heteroatoms. The summed E-state index contributed by atoms with van der Waals surface area (Å²) in [6.45, 7) is 4.58. The highest BCUT2D eigenvalue weighted by atomic mass is 16.5. The summed E-state index contributed by atoms with van der Waals surface area (Å²) in [7, 11) is 1.39. The lowest BCUT2D eigenvalue weighted by atomic mass is 9.99. The summed E-state index contributed by atoms with van der Waals surface area (Å²) in [5.41, 5.74) is 5.30. The van der Waals surface area contributed by atoms with Crippen LogP contribution >= 0.6 is 0 Å². The Balaban J connectivity index is 2.38. The van der Waals surface area contributed by atoms with Crippen LogP contribution < -0.4 is 11.1 Å². The van der Waals surface area contributed by atoms with E-state index in [1.165, 1.54) is 7.11 Å². The van der Waals surface area contributed by atoms with Gasteiger partial charge in [0.05, 0.1) is 19.6 Å². The summed E-state index contributed by atoms with van der Waals surface area (Å²) >= 11 is 0. The van der Waals surface area contributed by atoms with E-state index in [-0.39, 0.29) is 23.7 Å². The van der Waals surface area contributed by atoms with E-state index in [2.05, 4.69) is 5.32 Å². The monoisotopic (exact) mass is 243 g/mol. The van der Waals surface area contributed by atoms with Gasteiger partial charge in [0.25, 0.3) is 0 Å². The van der Waals surface area contributed by atoms with Crippen LogP contribution in [0.15, 0.2) is 0 Å². The maximum atomic E-state index is 11.5. The third kappa shape index (κ3) is 3.98. The maximum Gasteiger partial charge on any atom is 0.310 e.